The van der Waals surface area contributed by atoms with Gasteiger partial charge in [-0.1, -0.05) is 17.3 Å². The van der Waals surface area contributed by atoms with Crippen molar-refractivity contribution in [2.24, 2.45) is 0 Å². The molecule has 0 radical (unpaired) electrons. The highest BCUT2D eigenvalue weighted by atomic mass is 35.5. The zero-order valence-corrected chi connectivity index (χ0v) is 7.68. The summed E-state index contributed by atoms with van der Waals surface area (Å²) in [6.07, 6.45) is 3.78. The van der Waals surface area contributed by atoms with Crippen molar-refractivity contribution in [1.29, 1.82) is 0 Å². The third-order valence-corrected chi connectivity index (χ3v) is 1.89. The van der Waals surface area contributed by atoms with Gasteiger partial charge in [-0.05, 0) is 12.2 Å². The van der Waals surface area contributed by atoms with Crippen LogP contribution in [-0.2, 0) is 0 Å². The molecule has 0 atom stereocenters. The molecule has 1 aliphatic heterocycles. The van der Waals surface area contributed by atoms with Crippen LogP contribution in [0.4, 0.5) is 0 Å². The molecule has 3 heteroatoms. The molecule has 0 saturated carbocycles. The molecule has 0 saturated heterocycles. The molecule has 1 heterocycles. The Balaban J connectivity index is 2.90. The lowest BCUT2D eigenvalue weighted by molar-refractivity contribution is 0.359. The summed E-state index contributed by atoms with van der Waals surface area (Å²) in [5.74, 6) is 1.06. The Morgan fingerprint density at radius 1 is 1.55 bits per heavy atom. The minimum Gasteiger partial charge on any atom is -0.364 e. The first-order valence-electron chi connectivity index (χ1n) is 3.36. The van der Waals surface area contributed by atoms with Crippen molar-refractivity contribution >= 4 is 11.6 Å². The van der Waals surface area contributed by atoms with E-state index in [1.54, 1.807) is 0 Å². The molecule has 1 rings (SSSR count). The summed E-state index contributed by atoms with van der Waals surface area (Å²) < 4.78 is 0. The van der Waals surface area contributed by atoms with Crippen molar-refractivity contribution in [2.75, 3.05) is 21.1 Å². The molecule has 0 amide bonds. The second-order valence-corrected chi connectivity index (χ2v) is 2.94. The molecule has 0 aromatic rings. The summed E-state index contributed by atoms with van der Waals surface area (Å²) >= 11 is 5.84. The number of hydrogen-bond acceptors (Lipinski definition) is 2. The van der Waals surface area contributed by atoms with E-state index in [9.17, 15) is 0 Å². The molecule has 0 N–H and O–H groups in total. The summed E-state index contributed by atoms with van der Waals surface area (Å²) in [5.41, 5.74) is 2.90. The van der Waals surface area contributed by atoms with Crippen molar-refractivity contribution in [3.05, 3.63) is 28.9 Å². The minimum absolute atomic E-state index is 0.621. The Labute approximate surface area is 72.0 Å². The fourth-order valence-corrected chi connectivity index (χ4v) is 1.09. The van der Waals surface area contributed by atoms with E-state index in [1.165, 1.54) is 0 Å². The number of halogens is 1. The summed E-state index contributed by atoms with van der Waals surface area (Å²) in [6.45, 7) is 0. The van der Waals surface area contributed by atoms with Gasteiger partial charge in [-0.3, -0.25) is 0 Å². The Hall–Kier alpha value is -0.850. The number of hydrogen-bond donors (Lipinski definition) is 0. The molecule has 0 fully saturated rings. The molecule has 60 valence electrons. The average Bonchev–Trinajstić information content (AvgIpc) is 1.94. The zero-order valence-electron chi connectivity index (χ0n) is 6.93. The van der Waals surface area contributed by atoms with Crippen LogP contribution in [0.15, 0.2) is 28.9 Å². The summed E-state index contributed by atoms with van der Waals surface area (Å²) in [4.78, 5) is 3.88. The molecular formula is C8H11ClN2. The molecule has 0 aromatic heterocycles. The second kappa shape index (κ2) is 3.04. The maximum absolute atomic E-state index is 5.84. The predicted octanol–water partition coefficient (Wildman–Crippen LogP) is 1.57. The van der Waals surface area contributed by atoms with Crippen LogP contribution in [0, 0.1) is 0 Å². The Morgan fingerprint density at radius 2 is 2.18 bits per heavy atom. The quantitative estimate of drug-likeness (QED) is 0.436. The smallest absolute Gasteiger partial charge is 0.153 e. The van der Waals surface area contributed by atoms with Crippen molar-refractivity contribution < 1.29 is 0 Å². The lowest BCUT2D eigenvalue weighted by Crippen LogP contribution is -2.26. The van der Waals surface area contributed by atoms with Gasteiger partial charge in [0.25, 0.3) is 0 Å². The van der Waals surface area contributed by atoms with Crippen LogP contribution in [0.1, 0.15) is 0 Å². The van der Waals surface area contributed by atoms with Gasteiger partial charge in [0.2, 0.25) is 0 Å². The third-order valence-electron chi connectivity index (χ3n) is 1.53. The predicted molar refractivity (Wildman–Crippen MR) is 47.0 cm³/mol. The van der Waals surface area contributed by atoms with Gasteiger partial charge in [-0.2, -0.15) is 0 Å². The average molecular weight is 171 g/mol. The van der Waals surface area contributed by atoms with E-state index in [2.05, 4.69) is 5.73 Å². The first-order chi connectivity index (χ1) is 5.13. The van der Waals surface area contributed by atoms with Gasteiger partial charge in [0.1, 0.15) is 5.82 Å². The first kappa shape index (κ1) is 8.25. The number of rotatable bonds is 1. The topological polar surface area (TPSA) is 6.48 Å². The first-order valence-corrected chi connectivity index (χ1v) is 3.74. The van der Waals surface area contributed by atoms with Crippen molar-refractivity contribution in [2.45, 2.75) is 0 Å². The fourth-order valence-electron chi connectivity index (χ4n) is 0.943. The molecule has 2 nitrogen and oxygen atoms in total. The molecule has 0 spiro atoms. The van der Waals surface area contributed by atoms with Crippen LogP contribution in [-0.4, -0.2) is 30.9 Å². The molecule has 0 bridgehead atoms. The molecule has 0 unspecified atom stereocenters. The van der Waals surface area contributed by atoms with Crippen LogP contribution in [0.5, 0.6) is 0 Å². The Morgan fingerprint density at radius 3 is 2.64 bits per heavy atom. The van der Waals surface area contributed by atoms with Gasteiger partial charge in [-0.15, -0.1) is 0 Å². The van der Waals surface area contributed by atoms with E-state index in [0.29, 0.717) is 5.16 Å². The highest BCUT2D eigenvalue weighted by Gasteiger charge is 2.10. The van der Waals surface area contributed by atoms with Gasteiger partial charge < -0.3 is 9.80 Å². The fraction of sp³-hybridized carbons (Fsp3) is 0.375. The maximum Gasteiger partial charge on any atom is 0.153 e. The van der Waals surface area contributed by atoms with Gasteiger partial charge in [0.15, 0.2) is 5.16 Å². The Bertz CT molecular complexity index is 247. The third kappa shape index (κ3) is 1.59. The second-order valence-electron chi connectivity index (χ2n) is 2.58. The summed E-state index contributed by atoms with van der Waals surface area (Å²) in [5, 5.41) is 0.621. The maximum atomic E-state index is 5.84. The Kier molecular flexibility index (Phi) is 2.28. The standard InChI is InChI=1S/C8H11ClN2/c1-10(2)8-6-4-5-7(9)11(8)3/h4,6H,1-3H3. The molecule has 1 aliphatic rings. The van der Waals surface area contributed by atoms with E-state index in [4.69, 9.17) is 11.6 Å². The van der Waals surface area contributed by atoms with Crippen molar-refractivity contribution in [3.8, 4) is 0 Å². The van der Waals surface area contributed by atoms with E-state index in [-0.39, 0.29) is 0 Å². The molecule has 11 heavy (non-hydrogen) atoms. The zero-order chi connectivity index (χ0) is 8.43. The van der Waals surface area contributed by atoms with Crippen molar-refractivity contribution in [1.82, 2.24) is 9.80 Å². The lowest BCUT2D eigenvalue weighted by Gasteiger charge is -2.27. The van der Waals surface area contributed by atoms with Gasteiger partial charge in [0.05, 0.1) is 0 Å². The van der Waals surface area contributed by atoms with E-state index in [1.807, 2.05) is 43.1 Å². The van der Waals surface area contributed by atoms with Crippen LogP contribution in [0.25, 0.3) is 0 Å². The lowest BCUT2D eigenvalue weighted by atomic mass is 10.4. The molecule has 0 aliphatic carbocycles. The van der Waals surface area contributed by atoms with Gasteiger partial charge >= 0.3 is 0 Å². The molecular weight excluding hydrogens is 160 g/mol. The van der Waals surface area contributed by atoms with Crippen molar-refractivity contribution in [3.63, 3.8) is 0 Å². The van der Waals surface area contributed by atoms with Gasteiger partial charge in [0, 0.05) is 21.1 Å². The van der Waals surface area contributed by atoms with Crippen LogP contribution < -0.4 is 0 Å². The van der Waals surface area contributed by atoms with Crippen LogP contribution in [0.3, 0.4) is 0 Å². The number of nitrogens with zero attached hydrogens (tertiary/aromatic N) is 2. The SMILES string of the molecule is CN(C)C1=CC=C=C(Cl)N1C. The van der Waals surface area contributed by atoms with Gasteiger partial charge in [-0.25, -0.2) is 0 Å². The number of allylic oxidation sites excluding steroid dienone is 2. The van der Waals surface area contributed by atoms with E-state index < -0.39 is 0 Å². The summed E-state index contributed by atoms with van der Waals surface area (Å²) in [6, 6.07) is 0. The van der Waals surface area contributed by atoms with E-state index in [0.717, 1.165) is 5.82 Å². The van der Waals surface area contributed by atoms with Crippen LogP contribution >= 0.6 is 11.6 Å². The summed E-state index contributed by atoms with van der Waals surface area (Å²) in [7, 11) is 5.87. The van der Waals surface area contributed by atoms with E-state index >= 15 is 0 Å². The monoisotopic (exact) mass is 170 g/mol. The highest BCUT2D eigenvalue weighted by molar-refractivity contribution is 6.29. The van der Waals surface area contributed by atoms with Crippen LogP contribution in [0.2, 0.25) is 0 Å². The molecule has 0 aromatic carbocycles. The minimum atomic E-state index is 0.621. The highest BCUT2D eigenvalue weighted by Crippen LogP contribution is 2.17. The largest absolute Gasteiger partial charge is 0.364 e. The normalized spacial score (nSPS) is 16.2.